The van der Waals surface area contributed by atoms with E-state index in [-0.39, 0.29) is 6.54 Å². The third kappa shape index (κ3) is 3.53. The van der Waals surface area contributed by atoms with E-state index in [2.05, 4.69) is 13.8 Å². The van der Waals surface area contributed by atoms with Gasteiger partial charge in [0, 0.05) is 6.54 Å². The van der Waals surface area contributed by atoms with Crippen LogP contribution >= 0.6 is 0 Å². The second kappa shape index (κ2) is 5.52. The molecule has 0 spiro atoms. The van der Waals surface area contributed by atoms with Crippen molar-refractivity contribution in [1.29, 1.82) is 0 Å². The Kier molecular flexibility index (Phi) is 5.47. The van der Waals surface area contributed by atoms with Crippen LogP contribution in [0.15, 0.2) is 0 Å². The molecule has 0 aliphatic carbocycles. The smallest absolute Gasteiger partial charge is 0.123 e. The van der Waals surface area contributed by atoms with Gasteiger partial charge in [-0.15, -0.1) is 0 Å². The van der Waals surface area contributed by atoms with Crippen LogP contribution < -0.4 is 5.73 Å². The molecule has 0 aliphatic rings. The first-order valence-electron chi connectivity index (χ1n) is 5.00. The van der Waals surface area contributed by atoms with E-state index in [1.54, 1.807) is 0 Å². The number of halogens is 1. The van der Waals surface area contributed by atoms with Crippen molar-refractivity contribution in [1.82, 2.24) is 0 Å². The van der Waals surface area contributed by atoms with E-state index < -0.39 is 5.67 Å². The van der Waals surface area contributed by atoms with Crippen molar-refractivity contribution in [3.05, 3.63) is 0 Å². The predicted molar refractivity (Wildman–Crippen MR) is 51.9 cm³/mol. The highest BCUT2D eigenvalue weighted by molar-refractivity contribution is 4.81. The van der Waals surface area contributed by atoms with Gasteiger partial charge in [0.1, 0.15) is 5.67 Å². The summed E-state index contributed by atoms with van der Waals surface area (Å²) < 4.78 is 13.7. The van der Waals surface area contributed by atoms with Gasteiger partial charge >= 0.3 is 0 Å². The molecule has 1 nitrogen and oxygen atoms in total. The van der Waals surface area contributed by atoms with Gasteiger partial charge in [-0.1, -0.05) is 33.6 Å². The predicted octanol–water partition coefficient (Wildman–Crippen LogP) is 2.89. The summed E-state index contributed by atoms with van der Waals surface area (Å²) in [5.41, 5.74) is 4.29. The molecule has 0 aliphatic heterocycles. The zero-order valence-corrected chi connectivity index (χ0v) is 8.57. The minimum absolute atomic E-state index is 0.167. The first-order chi connectivity index (χ1) is 5.61. The second-order valence-corrected chi connectivity index (χ2v) is 3.60. The lowest BCUT2D eigenvalue weighted by Gasteiger charge is -2.26. The van der Waals surface area contributed by atoms with Crippen molar-refractivity contribution in [2.24, 2.45) is 11.7 Å². The quantitative estimate of drug-likeness (QED) is 0.660. The molecule has 0 fully saturated rings. The van der Waals surface area contributed by atoms with Gasteiger partial charge in [-0.3, -0.25) is 0 Å². The van der Waals surface area contributed by atoms with E-state index in [1.807, 2.05) is 6.92 Å². The lowest BCUT2D eigenvalue weighted by atomic mass is 9.87. The van der Waals surface area contributed by atoms with Gasteiger partial charge in [0.2, 0.25) is 0 Å². The Labute approximate surface area is 75.5 Å². The molecule has 0 amide bonds. The average molecular weight is 175 g/mol. The van der Waals surface area contributed by atoms with E-state index >= 15 is 0 Å². The van der Waals surface area contributed by atoms with Crippen molar-refractivity contribution < 1.29 is 4.39 Å². The molecular formula is C10H22FN. The van der Waals surface area contributed by atoms with E-state index in [9.17, 15) is 4.39 Å². The Morgan fingerprint density at radius 3 is 2.00 bits per heavy atom. The van der Waals surface area contributed by atoms with Gasteiger partial charge < -0.3 is 5.73 Å². The fourth-order valence-electron chi connectivity index (χ4n) is 1.47. The third-order valence-corrected chi connectivity index (χ3v) is 2.81. The maximum atomic E-state index is 13.7. The molecule has 2 N–H and O–H groups in total. The standard InChI is InChI=1S/C10H22FN/c1-4-9(5-2)7-10(11,6-3)8-12/h9H,4-8,12H2,1-3H3. The van der Waals surface area contributed by atoms with E-state index in [0.717, 1.165) is 12.8 Å². The molecular weight excluding hydrogens is 153 g/mol. The first kappa shape index (κ1) is 11.9. The van der Waals surface area contributed by atoms with Crippen molar-refractivity contribution in [2.75, 3.05) is 6.54 Å². The lowest BCUT2D eigenvalue weighted by Crippen LogP contribution is -2.34. The van der Waals surface area contributed by atoms with Crippen LogP contribution in [-0.2, 0) is 0 Å². The van der Waals surface area contributed by atoms with Crippen LogP contribution in [0.5, 0.6) is 0 Å². The fourth-order valence-corrected chi connectivity index (χ4v) is 1.47. The normalized spacial score (nSPS) is 16.5. The van der Waals surface area contributed by atoms with Gasteiger partial charge in [0.05, 0.1) is 0 Å². The summed E-state index contributed by atoms with van der Waals surface area (Å²) in [7, 11) is 0. The Hall–Kier alpha value is -0.110. The van der Waals surface area contributed by atoms with Gasteiger partial charge in [0.15, 0.2) is 0 Å². The highest BCUT2D eigenvalue weighted by Crippen LogP contribution is 2.27. The van der Waals surface area contributed by atoms with Crippen molar-refractivity contribution in [3.8, 4) is 0 Å². The largest absolute Gasteiger partial charge is 0.328 e. The van der Waals surface area contributed by atoms with Gasteiger partial charge in [-0.25, -0.2) is 4.39 Å². The second-order valence-electron chi connectivity index (χ2n) is 3.60. The molecule has 0 saturated heterocycles. The number of hydrogen-bond acceptors (Lipinski definition) is 1. The Morgan fingerprint density at radius 1 is 1.25 bits per heavy atom. The SMILES string of the molecule is CCC(CC)CC(F)(CC)CN. The molecule has 12 heavy (non-hydrogen) atoms. The van der Waals surface area contributed by atoms with E-state index in [0.29, 0.717) is 18.8 Å². The van der Waals surface area contributed by atoms with Crippen molar-refractivity contribution in [3.63, 3.8) is 0 Å². The molecule has 0 saturated carbocycles. The summed E-state index contributed by atoms with van der Waals surface area (Å²) >= 11 is 0. The maximum Gasteiger partial charge on any atom is 0.123 e. The Balaban J connectivity index is 3.99. The first-order valence-corrected chi connectivity index (χ1v) is 5.00. The van der Waals surface area contributed by atoms with Gasteiger partial charge in [-0.2, -0.15) is 0 Å². The van der Waals surface area contributed by atoms with Crippen LogP contribution in [0.3, 0.4) is 0 Å². The van der Waals surface area contributed by atoms with E-state index in [4.69, 9.17) is 5.73 Å². The Morgan fingerprint density at radius 2 is 1.75 bits per heavy atom. The monoisotopic (exact) mass is 175 g/mol. The van der Waals surface area contributed by atoms with Crippen molar-refractivity contribution in [2.45, 2.75) is 52.1 Å². The molecule has 0 bridgehead atoms. The number of nitrogens with two attached hydrogens (primary N) is 1. The van der Waals surface area contributed by atoms with E-state index in [1.165, 1.54) is 0 Å². The van der Waals surface area contributed by atoms with Crippen molar-refractivity contribution >= 4 is 0 Å². The minimum Gasteiger partial charge on any atom is -0.328 e. The van der Waals surface area contributed by atoms with Crippen LogP contribution in [0.1, 0.15) is 46.5 Å². The maximum absolute atomic E-state index is 13.7. The van der Waals surface area contributed by atoms with Gasteiger partial charge in [0.25, 0.3) is 0 Å². The summed E-state index contributed by atoms with van der Waals surface area (Å²) in [6.45, 7) is 6.26. The van der Waals surface area contributed by atoms with Crippen LogP contribution in [0.2, 0.25) is 0 Å². The van der Waals surface area contributed by atoms with Crippen LogP contribution in [-0.4, -0.2) is 12.2 Å². The summed E-state index contributed by atoms with van der Waals surface area (Å²) in [6, 6.07) is 0. The zero-order chi connectivity index (χ0) is 9.61. The highest BCUT2D eigenvalue weighted by Gasteiger charge is 2.28. The van der Waals surface area contributed by atoms with Crippen LogP contribution in [0.4, 0.5) is 4.39 Å². The van der Waals surface area contributed by atoms with Gasteiger partial charge in [-0.05, 0) is 18.8 Å². The number of alkyl halides is 1. The molecule has 0 aromatic carbocycles. The number of hydrogen-bond donors (Lipinski definition) is 1. The lowest BCUT2D eigenvalue weighted by molar-refractivity contribution is 0.123. The highest BCUT2D eigenvalue weighted by atomic mass is 19.1. The molecule has 1 atom stereocenters. The molecule has 2 heteroatoms. The molecule has 0 aromatic heterocycles. The zero-order valence-electron chi connectivity index (χ0n) is 8.57. The molecule has 74 valence electrons. The summed E-state index contributed by atoms with van der Waals surface area (Å²) in [5, 5.41) is 0. The number of rotatable bonds is 6. The summed E-state index contributed by atoms with van der Waals surface area (Å²) in [5.74, 6) is 0.499. The average Bonchev–Trinajstić information content (AvgIpc) is 2.14. The van der Waals surface area contributed by atoms with Crippen LogP contribution in [0.25, 0.3) is 0 Å². The topological polar surface area (TPSA) is 26.0 Å². The molecule has 1 unspecified atom stereocenters. The Bertz CT molecular complexity index is 106. The van der Waals surface area contributed by atoms with Crippen LogP contribution in [0, 0.1) is 5.92 Å². The molecule has 0 heterocycles. The molecule has 0 rings (SSSR count). The third-order valence-electron chi connectivity index (χ3n) is 2.81. The fraction of sp³-hybridized carbons (Fsp3) is 1.00. The summed E-state index contributed by atoms with van der Waals surface area (Å²) in [4.78, 5) is 0. The minimum atomic E-state index is -1.11. The summed E-state index contributed by atoms with van der Waals surface area (Å²) in [6.07, 6.45) is 3.29. The molecule has 0 aromatic rings. The molecule has 0 radical (unpaired) electrons.